The molecule has 2 saturated heterocycles. The Labute approximate surface area is 200 Å². The number of imide groups is 1. The zero-order chi connectivity index (χ0) is 24.5. The van der Waals surface area contributed by atoms with Gasteiger partial charge in [0.1, 0.15) is 5.75 Å². The highest BCUT2D eigenvalue weighted by atomic mass is 32.2. The van der Waals surface area contributed by atoms with Gasteiger partial charge in [-0.05, 0) is 61.6 Å². The maximum atomic E-state index is 13.1. The van der Waals surface area contributed by atoms with Crippen LogP contribution in [0.1, 0.15) is 51.1 Å². The number of sulfonamides is 1. The number of amides is 2. The van der Waals surface area contributed by atoms with Crippen molar-refractivity contribution in [3.63, 3.8) is 0 Å². The van der Waals surface area contributed by atoms with E-state index in [2.05, 4.69) is 16.5 Å². The van der Waals surface area contributed by atoms with Gasteiger partial charge in [-0.2, -0.15) is 0 Å². The maximum Gasteiger partial charge on any atom is 0.241 e. The number of hydrogen-bond donors (Lipinski definition) is 1. The van der Waals surface area contributed by atoms with Gasteiger partial charge in [0.15, 0.2) is 0 Å². The van der Waals surface area contributed by atoms with Crippen LogP contribution in [0.15, 0.2) is 47.4 Å². The molecule has 0 radical (unpaired) electrons. The molecule has 34 heavy (non-hydrogen) atoms. The van der Waals surface area contributed by atoms with E-state index in [1.54, 1.807) is 6.92 Å². The molecule has 0 unspecified atom stereocenters. The highest BCUT2D eigenvalue weighted by Crippen LogP contribution is 2.34. The molecule has 0 spiro atoms. The number of hydrogen-bond acceptors (Lipinski definition) is 6. The predicted octanol–water partition coefficient (Wildman–Crippen LogP) is 3.62. The number of methoxy groups -OCH3 is 1. The fraction of sp³-hybridized carbons (Fsp3) is 0.440. The SMILES string of the molecule is COc1ccc(S(=O)(=O)N[C@@H](C)c2ccc(N3CCC(C)CC3)cc2)cc1N1C(=O)CCC1=O. The topological polar surface area (TPSA) is 96.0 Å². The Morgan fingerprint density at radius 3 is 2.21 bits per heavy atom. The first-order valence-electron chi connectivity index (χ1n) is 11.6. The van der Waals surface area contributed by atoms with Gasteiger partial charge >= 0.3 is 0 Å². The zero-order valence-electron chi connectivity index (χ0n) is 19.8. The Hall–Kier alpha value is -2.91. The molecule has 2 aliphatic heterocycles. The number of benzene rings is 2. The molecular weight excluding hydrogens is 454 g/mol. The molecule has 1 atom stereocenters. The van der Waals surface area contributed by atoms with Crippen LogP contribution in [0, 0.1) is 5.92 Å². The predicted molar refractivity (Wildman–Crippen MR) is 131 cm³/mol. The number of ether oxygens (including phenoxy) is 1. The van der Waals surface area contributed by atoms with Crippen LogP contribution in [0.25, 0.3) is 0 Å². The summed E-state index contributed by atoms with van der Waals surface area (Å²) in [5.74, 6) is 0.272. The van der Waals surface area contributed by atoms with E-state index in [1.165, 1.54) is 38.2 Å². The van der Waals surface area contributed by atoms with Gasteiger partial charge < -0.3 is 9.64 Å². The van der Waals surface area contributed by atoms with E-state index in [1.807, 2.05) is 24.3 Å². The van der Waals surface area contributed by atoms with E-state index < -0.39 is 16.1 Å². The van der Waals surface area contributed by atoms with E-state index in [4.69, 9.17) is 4.74 Å². The highest BCUT2D eigenvalue weighted by molar-refractivity contribution is 7.89. The molecule has 2 amide bonds. The minimum atomic E-state index is -3.92. The van der Waals surface area contributed by atoms with Crippen molar-refractivity contribution in [3.05, 3.63) is 48.0 Å². The number of nitrogens with zero attached hydrogens (tertiary/aromatic N) is 2. The standard InChI is InChI=1S/C25H31N3O5S/c1-17-12-14-27(15-13-17)20-6-4-19(5-7-20)18(2)26-34(31,32)21-8-9-23(33-3)22(16-21)28-24(29)10-11-25(28)30/h4-9,16-18,26H,10-15H2,1-3H3/t18-/m0/s1. The first-order valence-corrected chi connectivity index (χ1v) is 13.1. The minimum Gasteiger partial charge on any atom is -0.495 e. The largest absolute Gasteiger partial charge is 0.495 e. The average Bonchev–Trinajstić information content (AvgIpc) is 3.16. The quantitative estimate of drug-likeness (QED) is 0.602. The van der Waals surface area contributed by atoms with Crippen LogP contribution in [0.3, 0.4) is 0 Å². The molecule has 9 heteroatoms. The van der Waals surface area contributed by atoms with Crippen LogP contribution in [0.2, 0.25) is 0 Å². The van der Waals surface area contributed by atoms with Crippen LogP contribution >= 0.6 is 0 Å². The second-order valence-electron chi connectivity index (χ2n) is 9.06. The third kappa shape index (κ3) is 4.95. The van der Waals surface area contributed by atoms with Crippen molar-refractivity contribution >= 4 is 33.2 Å². The first-order chi connectivity index (χ1) is 16.2. The summed E-state index contributed by atoms with van der Waals surface area (Å²) in [5.41, 5.74) is 2.13. The molecule has 1 N–H and O–H groups in total. The van der Waals surface area contributed by atoms with Crippen molar-refractivity contribution in [3.8, 4) is 5.75 Å². The molecule has 2 aromatic carbocycles. The fourth-order valence-electron chi connectivity index (χ4n) is 4.47. The normalized spacial score (nSPS) is 18.4. The molecule has 2 heterocycles. The second kappa shape index (κ2) is 9.76. The molecule has 2 aliphatic rings. The molecule has 0 aliphatic carbocycles. The molecule has 4 rings (SSSR count). The lowest BCUT2D eigenvalue weighted by atomic mass is 9.98. The smallest absolute Gasteiger partial charge is 0.241 e. The number of piperidine rings is 1. The third-order valence-electron chi connectivity index (χ3n) is 6.63. The Bertz CT molecular complexity index is 1160. The van der Waals surface area contributed by atoms with Crippen LogP contribution < -0.4 is 19.3 Å². The average molecular weight is 486 g/mol. The summed E-state index contributed by atoms with van der Waals surface area (Å²) in [7, 11) is -2.51. The van der Waals surface area contributed by atoms with E-state index in [0.717, 1.165) is 35.2 Å². The van der Waals surface area contributed by atoms with Crippen LogP contribution in [-0.4, -0.2) is 40.4 Å². The molecule has 2 aromatic rings. The van der Waals surface area contributed by atoms with Crippen LogP contribution in [0.5, 0.6) is 5.75 Å². The summed E-state index contributed by atoms with van der Waals surface area (Å²) >= 11 is 0. The number of anilines is 2. The van der Waals surface area contributed by atoms with E-state index in [0.29, 0.717) is 0 Å². The van der Waals surface area contributed by atoms with Gasteiger partial charge in [0.2, 0.25) is 21.8 Å². The van der Waals surface area contributed by atoms with E-state index in [-0.39, 0.29) is 41.0 Å². The Morgan fingerprint density at radius 2 is 1.62 bits per heavy atom. The van der Waals surface area contributed by atoms with Gasteiger partial charge in [-0.15, -0.1) is 0 Å². The van der Waals surface area contributed by atoms with Crippen molar-refractivity contribution in [2.24, 2.45) is 5.92 Å². The number of carbonyl (C=O) groups is 2. The van der Waals surface area contributed by atoms with Gasteiger partial charge in [-0.1, -0.05) is 19.1 Å². The van der Waals surface area contributed by atoms with E-state index >= 15 is 0 Å². The Kier molecular flexibility index (Phi) is 6.95. The maximum absolute atomic E-state index is 13.1. The lowest BCUT2D eigenvalue weighted by Crippen LogP contribution is -2.32. The Balaban J connectivity index is 1.52. The van der Waals surface area contributed by atoms with Crippen molar-refractivity contribution in [2.75, 3.05) is 30.0 Å². The summed E-state index contributed by atoms with van der Waals surface area (Å²) < 4.78 is 34.3. The highest BCUT2D eigenvalue weighted by Gasteiger charge is 2.33. The number of rotatable bonds is 7. The van der Waals surface area contributed by atoms with Gasteiger partial charge in [-0.25, -0.2) is 18.0 Å². The summed E-state index contributed by atoms with van der Waals surface area (Å²) in [5, 5.41) is 0. The second-order valence-corrected chi connectivity index (χ2v) is 10.8. The minimum absolute atomic E-state index is 0.0401. The van der Waals surface area contributed by atoms with E-state index in [9.17, 15) is 18.0 Å². The number of nitrogens with one attached hydrogen (secondary N) is 1. The van der Waals surface area contributed by atoms with Crippen molar-refractivity contribution in [1.82, 2.24) is 4.72 Å². The fourth-order valence-corrected chi connectivity index (χ4v) is 5.72. The lowest BCUT2D eigenvalue weighted by Gasteiger charge is -2.32. The molecule has 0 saturated carbocycles. The van der Waals surface area contributed by atoms with Gasteiger partial charge in [0.05, 0.1) is 17.7 Å². The van der Waals surface area contributed by atoms with Crippen LogP contribution in [-0.2, 0) is 19.6 Å². The third-order valence-corrected chi connectivity index (χ3v) is 8.17. The molecule has 0 bridgehead atoms. The first kappa shape index (κ1) is 24.2. The van der Waals surface area contributed by atoms with Crippen molar-refractivity contribution < 1.29 is 22.7 Å². The monoisotopic (exact) mass is 485 g/mol. The summed E-state index contributed by atoms with van der Waals surface area (Å²) in [6, 6.07) is 11.7. The summed E-state index contributed by atoms with van der Waals surface area (Å²) in [6.45, 7) is 6.13. The Morgan fingerprint density at radius 1 is 1.00 bits per heavy atom. The summed E-state index contributed by atoms with van der Waals surface area (Å²) in [4.78, 5) is 27.8. The lowest BCUT2D eigenvalue weighted by molar-refractivity contribution is -0.121. The van der Waals surface area contributed by atoms with Crippen LogP contribution in [0.4, 0.5) is 11.4 Å². The molecular formula is C25H31N3O5S. The van der Waals surface area contributed by atoms with Crippen molar-refractivity contribution in [1.29, 1.82) is 0 Å². The van der Waals surface area contributed by atoms with Gasteiger partial charge in [0.25, 0.3) is 0 Å². The molecule has 0 aromatic heterocycles. The zero-order valence-corrected chi connectivity index (χ0v) is 20.6. The van der Waals surface area contributed by atoms with Crippen molar-refractivity contribution in [2.45, 2.75) is 50.5 Å². The molecule has 8 nitrogen and oxygen atoms in total. The van der Waals surface area contributed by atoms with Gasteiger partial charge in [0, 0.05) is 37.7 Å². The number of carbonyl (C=O) groups excluding carboxylic acids is 2. The molecule has 2 fully saturated rings. The summed E-state index contributed by atoms with van der Waals surface area (Å²) in [6.07, 6.45) is 2.55. The molecule has 182 valence electrons. The van der Waals surface area contributed by atoms with Gasteiger partial charge in [-0.3, -0.25) is 9.59 Å².